The zero-order valence-electron chi connectivity index (χ0n) is 21.0. The number of primary amides is 1. The van der Waals surface area contributed by atoms with Crippen LogP contribution >= 0.6 is 11.3 Å². The van der Waals surface area contributed by atoms with E-state index in [-0.39, 0.29) is 30.7 Å². The minimum absolute atomic E-state index is 0.0660. The van der Waals surface area contributed by atoms with Crippen molar-refractivity contribution >= 4 is 51.7 Å². The highest BCUT2D eigenvalue weighted by Gasteiger charge is 2.19. The Kier molecular flexibility index (Phi) is 7.37. The van der Waals surface area contributed by atoms with Gasteiger partial charge < -0.3 is 19.9 Å². The van der Waals surface area contributed by atoms with E-state index in [1.807, 2.05) is 48.5 Å². The predicted molar refractivity (Wildman–Crippen MR) is 152 cm³/mol. The molecule has 10 heteroatoms. The van der Waals surface area contributed by atoms with Crippen molar-refractivity contribution in [1.82, 2.24) is 9.55 Å². The van der Waals surface area contributed by atoms with Gasteiger partial charge in [0.25, 0.3) is 11.8 Å². The van der Waals surface area contributed by atoms with Crippen molar-refractivity contribution in [3.05, 3.63) is 101 Å². The molecule has 2 heterocycles. The first-order valence-electron chi connectivity index (χ1n) is 12.1. The number of fused-ring (bicyclic) bond motifs is 1. The number of aryl methyl sites for hydroxylation is 1. The Balaban J connectivity index is 1.40. The van der Waals surface area contributed by atoms with Crippen LogP contribution in [0.15, 0.2) is 91.0 Å². The van der Waals surface area contributed by atoms with Gasteiger partial charge in [-0.3, -0.25) is 19.7 Å². The minimum atomic E-state index is -0.472. The van der Waals surface area contributed by atoms with Crippen molar-refractivity contribution in [2.45, 2.75) is 13.0 Å². The fourth-order valence-electron chi connectivity index (χ4n) is 4.03. The van der Waals surface area contributed by atoms with Crippen molar-refractivity contribution in [1.29, 1.82) is 0 Å². The molecule has 5 aromatic rings. The maximum atomic E-state index is 13.1. The molecule has 39 heavy (non-hydrogen) atoms. The molecular formula is C29H25N5O4S. The third-order valence-electron chi connectivity index (χ3n) is 6.02. The van der Waals surface area contributed by atoms with Gasteiger partial charge in [-0.05, 0) is 54.6 Å². The summed E-state index contributed by atoms with van der Waals surface area (Å²) < 4.78 is 7.55. The van der Waals surface area contributed by atoms with Gasteiger partial charge in [-0.1, -0.05) is 47.7 Å². The second-order valence-electron chi connectivity index (χ2n) is 8.69. The number of aromatic nitrogens is 2. The standard InChI is InChI=1S/C29H25N5O4S/c1-33(28(37)19-8-4-2-5-9-19)20-12-13-23-22(18-20)31-29(34(23)17-16-25(30)35)32-27(36)24-14-15-26(39-24)38-21-10-6-3-7-11-21/h2-15,18H,16-17H2,1H3,(H2,30,35)(H,31,32,36). The summed E-state index contributed by atoms with van der Waals surface area (Å²) in [7, 11) is 1.69. The minimum Gasteiger partial charge on any atom is -0.447 e. The number of hydrogen-bond acceptors (Lipinski definition) is 6. The number of nitrogens with two attached hydrogens (primary N) is 1. The molecule has 0 radical (unpaired) electrons. The summed E-state index contributed by atoms with van der Waals surface area (Å²) in [5, 5.41) is 3.42. The second kappa shape index (κ2) is 11.2. The molecule has 3 aromatic carbocycles. The van der Waals surface area contributed by atoms with Crippen LogP contribution < -0.4 is 20.7 Å². The average molecular weight is 540 g/mol. The molecule has 2 aromatic heterocycles. The van der Waals surface area contributed by atoms with E-state index in [1.54, 1.807) is 54.1 Å². The number of anilines is 2. The molecule has 0 aliphatic heterocycles. The van der Waals surface area contributed by atoms with Crippen LogP contribution in [-0.4, -0.2) is 34.3 Å². The Hall–Kier alpha value is -4.96. The van der Waals surface area contributed by atoms with Gasteiger partial charge in [0.15, 0.2) is 5.06 Å². The molecule has 196 valence electrons. The number of para-hydroxylation sites is 1. The van der Waals surface area contributed by atoms with Crippen LogP contribution in [0.1, 0.15) is 26.5 Å². The molecule has 5 rings (SSSR count). The third-order valence-corrected chi connectivity index (χ3v) is 6.98. The lowest BCUT2D eigenvalue weighted by Gasteiger charge is -2.17. The van der Waals surface area contributed by atoms with E-state index in [1.165, 1.54) is 16.2 Å². The van der Waals surface area contributed by atoms with E-state index in [9.17, 15) is 14.4 Å². The van der Waals surface area contributed by atoms with Crippen molar-refractivity contribution in [3.8, 4) is 10.8 Å². The number of thiophene rings is 1. The van der Waals surface area contributed by atoms with Gasteiger partial charge in [-0.25, -0.2) is 4.98 Å². The molecule has 0 bridgehead atoms. The number of ether oxygens (including phenoxy) is 1. The molecule has 3 amide bonds. The molecule has 0 aliphatic rings. The molecule has 0 spiro atoms. The maximum Gasteiger partial charge on any atom is 0.268 e. The number of nitrogens with one attached hydrogen (secondary N) is 1. The Morgan fingerprint density at radius 1 is 0.974 bits per heavy atom. The maximum absolute atomic E-state index is 13.1. The molecule has 0 fully saturated rings. The summed E-state index contributed by atoms with van der Waals surface area (Å²) in [5.41, 5.74) is 7.84. The van der Waals surface area contributed by atoms with Gasteiger partial charge in [0.2, 0.25) is 11.9 Å². The van der Waals surface area contributed by atoms with Crippen LogP contribution in [0.5, 0.6) is 10.8 Å². The van der Waals surface area contributed by atoms with Gasteiger partial charge >= 0.3 is 0 Å². The van der Waals surface area contributed by atoms with Crippen LogP contribution in [0.25, 0.3) is 11.0 Å². The van der Waals surface area contributed by atoms with Gasteiger partial charge in [-0.2, -0.15) is 0 Å². The first kappa shape index (κ1) is 25.7. The zero-order valence-corrected chi connectivity index (χ0v) is 21.9. The molecule has 0 saturated heterocycles. The van der Waals surface area contributed by atoms with Gasteiger partial charge in [0.05, 0.1) is 15.9 Å². The van der Waals surface area contributed by atoms with E-state index < -0.39 is 5.91 Å². The summed E-state index contributed by atoms with van der Waals surface area (Å²) in [6.07, 6.45) is 0.0660. The van der Waals surface area contributed by atoms with E-state index in [4.69, 9.17) is 10.5 Å². The second-order valence-corrected chi connectivity index (χ2v) is 9.74. The Morgan fingerprint density at radius 3 is 2.41 bits per heavy atom. The number of hydrogen-bond donors (Lipinski definition) is 2. The van der Waals surface area contributed by atoms with Gasteiger partial charge in [-0.15, -0.1) is 0 Å². The number of amides is 3. The predicted octanol–water partition coefficient (Wildman–Crippen LogP) is 5.29. The SMILES string of the molecule is CN(C(=O)c1ccccc1)c1ccc2c(c1)nc(NC(=O)c1ccc(Oc3ccccc3)s1)n2CCC(N)=O. The largest absolute Gasteiger partial charge is 0.447 e. The summed E-state index contributed by atoms with van der Waals surface area (Å²) in [5.74, 6) is -0.0617. The topological polar surface area (TPSA) is 120 Å². The molecule has 0 saturated carbocycles. The fourth-order valence-corrected chi connectivity index (χ4v) is 4.80. The number of imidazole rings is 1. The molecular weight excluding hydrogens is 514 g/mol. The van der Waals surface area contributed by atoms with Crippen molar-refractivity contribution < 1.29 is 19.1 Å². The number of rotatable bonds is 9. The van der Waals surface area contributed by atoms with Crippen LogP contribution in [0, 0.1) is 0 Å². The third kappa shape index (κ3) is 5.81. The monoisotopic (exact) mass is 539 g/mol. The van der Waals surface area contributed by atoms with E-state index in [2.05, 4.69) is 10.3 Å². The first-order chi connectivity index (χ1) is 18.9. The van der Waals surface area contributed by atoms with Crippen molar-refractivity contribution in [2.75, 3.05) is 17.3 Å². The summed E-state index contributed by atoms with van der Waals surface area (Å²) in [4.78, 5) is 44.2. The molecule has 0 atom stereocenters. The zero-order chi connectivity index (χ0) is 27.4. The lowest BCUT2D eigenvalue weighted by atomic mass is 10.2. The van der Waals surface area contributed by atoms with E-state index in [0.29, 0.717) is 38.0 Å². The van der Waals surface area contributed by atoms with Gasteiger partial charge in [0.1, 0.15) is 5.75 Å². The number of nitrogens with zero attached hydrogens (tertiary/aromatic N) is 3. The van der Waals surface area contributed by atoms with Gasteiger partial charge in [0, 0.05) is 31.3 Å². The first-order valence-corrected chi connectivity index (χ1v) is 13.0. The van der Waals surface area contributed by atoms with Crippen LogP contribution in [0.2, 0.25) is 0 Å². The molecule has 0 unspecified atom stereocenters. The lowest BCUT2D eigenvalue weighted by Crippen LogP contribution is -2.26. The van der Waals surface area contributed by atoms with Crippen LogP contribution in [0.4, 0.5) is 11.6 Å². The Morgan fingerprint density at radius 2 is 1.69 bits per heavy atom. The number of carbonyl (C=O) groups excluding carboxylic acids is 3. The quantitative estimate of drug-likeness (QED) is 0.264. The summed E-state index contributed by atoms with van der Waals surface area (Å²) >= 11 is 1.20. The van der Waals surface area contributed by atoms with Crippen molar-refractivity contribution in [2.24, 2.45) is 5.73 Å². The van der Waals surface area contributed by atoms with Crippen molar-refractivity contribution in [3.63, 3.8) is 0 Å². The number of carbonyl (C=O) groups is 3. The molecule has 9 nitrogen and oxygen atoms in total. The van der Waals surface area contributed by atoms with Crippen LogP contribution in [-0.2, 0) is 11.3 Å². The highest BCUT2D eigenvalue weighted by atomic mass is 32.1. The Labute approximate surface area is 228 Å². The highest BCUT2D eigenvalue weighted by molar-refractivity contribution is 7.15. The highest BCUT2D eigenvalue weighted by Crippen LogP contribution is 2.31. The number of benzene rings is 3. The summed E-state index contributed by atoms with van der Waals surface area (Å²) in [6, 6.07) is 27.1. The lowest BCUT2D eigenvalue weighted by molar-refractivity contribution is -0.118. The smallest absolute Gasteiger partial charge is 0.268 e. The molecule has 0 aliphatic carbocycles. The van der Waals surface area contributed by atoms with Crippen LogP contribution in [0.3, 0.4) is 0 Å². The van der Waals surface area contributed by atoms with E-state index >= 15 is 0 Å². The van der Waals surface area contributed by atoms with E-state index in [0.717, 1.165) is 0 Å². The Bertz CT molecular complexity index is 1650. The molecule has 3 N–H and O–H groups in total. The fraction of sp³-hybridized carbons (Fsp3) is 0.103. The average Bonchev–Trinajstić information content (AvgIpc) is 3.55. The summed E-state index contributed by atoms with van der Waals surface area (Å²) in [6.45, 7) is 0.229. The normalized spacial score (nSPS) is 10.8.